The zero-order valence-electron chi connectivity index (χ0n) is 18.6. The van der Waals surface area contributed by atoms with Crippen molar-refractivity contribution in [1.29, 1.82) is 0 Å². The molecule has 2 aromatic carbocycles. The van der Waals surface area contributed by atoms with Crippen molar-refractivity contribution in [3.63, 3.8) is 0 Å². The largest absolute Gasteiger partial charge is 0.481 e. The van der Waals surface area contributed by atoms with Crippen LogP contribution < -0.4 is 10.6 Å². The van der Waals surface area contributed by atoms with E-state index in [2.05, 4.69) is 37.9 Å². The van der Waals surface area contributed by atoms with Gasteiger partial charge in [-0.1, -0.05) is 61.9 Å². The minimum absolute atomic E-state index is 0.0867. The number of nitrogens with one attached hydrogen (secondary N) is 3. The molecule has 0 spiro atoms. The van der Waals surface area contributed by atoms with Crippen LogP contribution in [0, 0.1) is 0 Å². The van der Waals surface area contributed by atoms with Crippen molar-refractivity contribution < 1.29 is 24.2 Å². The van der Waals surface area contributed by atoms with Gasteiger partial charge in [0.25, 0.3) is 11.9 Å². The molecule has 0 bridgehead atoms. The van der Waals surface area contributed by atoms with Gasteiger partial charge in [0.1, 0.15) is 6.61 Å². The summed E-state index contributed by atoms with van der Waals surface area (Å²) in [6.45, 7) is 2.03. The van der Waals surface area contributed by atoms with Crippen LogP contribution in [-0.2, 0) is 9.53 Å². The number of H-pyrrole nitrogens is 1. The first-order chi connectivity index (χ1) is 16.5. The number of rotatable bonds is 9. The zero-order chi connectivity index (χ0) is 24.1. The molecule has 10 nitrogen and oxygen atoms in total. The number of aromatic nitrogens is 3. The lowest BCUT2D eigenvalue weighted by Crippen LogP contribution is -2.37. The predicted octanol–water partition coefficient (Wildman–Crippen LogP) is 3.54. The molecule has 1 aliphatic carbocycles. The molecule has 3 aromatic rings. The van der Waals surface area contributed by atoms with Crippen molar-refractivity contribution in [3.8, 4) is 11.1 Å². The molecule has 1 atom stereocenters. The Hall–Kier alpha value is -4.21. The first-order valence-corrected chi connectivity index (χ1v) is 11.0. The van der Waals surface area contributed by atoms with Crippen LogP contribution in [0.2, 0.25) is 0 Å². The van der Waals surface area contributed by atoms with E-state index >= 15 is 0 Å². The molecule has 1 heterocycles. The number of carbonyl (C=O) groups excluding carboxylic acids is 2. The third kappa shape index (κ3) is 5.06. The minimum Gasteiger partial charge on any atom is -0.481 e. The molecule has 0 saturated heterocycles. The molecule has 2 amide bonds. The first-order valence-electron chi connectivity index (χ1n) is 11.0. The fourth-order valence-electron chi connectivity index (χ4n) is 4.18. The van der Waals surface area contributed by atoms with Gasteiger partial charge in [0.05, 0.1) is 6.42 Å². The molecule has 4 N–H and O–H groups in total. The normalized spacial score (nSPS) is 13.0. The summed E-state index contributed by atoms with van der Waals surface area (Å²) >= 11 is 0. The van der Waals surface area contributed by atoms with Crippen LogP contribution >= 0.6 is 0 Å². The number of fused-ring (bicyclic) bond motifs is 3. The van der Waals surface area contributed by atoms with Crippen molar-refractivity contribution in [1.82, 2.24) is 20.5 Å². The van der Waals surface area contributed by atoms with E-state index in [4.69, 9.17) is 9.84 Å². The lowest BCUT2D eigenvalue weighted by Gasteiger charge is -2.14. The maximum atomic E-state index is 12.4. The van der Waals surface area contributed by atoms with Crippen LogP contribution in [0.4, 0.5) is 10.7 Å². The summed E-state index contributed by atoms with van der Waals surface area (Å²) in [5, 5.41) is 20.3. The smallest absolute Gasteiger partial charge is 0.414 e. The Bertz CT molecular complexity index is 1160. The highest BCUT2D eigenvalue weighted by Gasteiger charge is 2.29. The molecule has 0 unspecified atom stereocenters. The topological polar surface area (TPSA) is 146 Å². The summed E-state index contributed by atoms with van der Waals surface area (Å²) in [5.41, 5.74) is 4.44. The number of aromatic amines is 1. The van der Waals surface area contributed by atoms with E-state index in [0.717, 1.165) is 22.3 Å². The van der Waals surface area contributed by atoms with Gasteiger partial charge in [-0.3, -0.25) is 20.0 Å². The maximum absolute atomic E-state index is 12.4. The Morgan fingerprint density at radius 3 is 2.35 bits per heavy atom. The van der Waals surface area contributed by atoms with Crippen molar-refractivity contribution in [2.45, 2.75) is 38.1 Å². The highest BCUT2D eigenvalue weighted by molar-refractivity contribution is 5.92. The lowest BCUT2D eigenvalue weighted by atomic mass is 9.98. The van der Waals surface area contributed by atoms with Crippen LogP contribution in [-0.4, -0.2) is 50.9 Å². The number of ether oxygens (including phenoxy) is 1. The Balaban J connectivity index is 1.35. The van der Waals surface area contributed by atoms with Crippen molar-refractivity contribution in [3.05, 3.63) is 65.5 Å². The number of anilines is 1. The molecule has 1 aliphatic rings. The third-order valence-electron chi connectivity index (χ3n) is 5.65. The van der Waals surface area contributed by atoms with Gasteiger partial charge in [-0.15, -0.1) is 5.10 Å². The number of carboxylic acids is 1. The van der Waals surface area contributed by atoms with Gasteiger partial charge in [0.2, 0.25) is 5.82 Å². The second-order valence-electron chi connectivity index (χ2n) is 8.02. The second-order valence-corrected chi connectivity index (χ2v) is 8.02. The van der Waals surface area contributed by atoms with Gasteiger partial charge in [0.15, 0.2) is 0 Å². The Morgan fingerprint density at radius 2 is 1.74 bits per heavy atom. The fraction of sp³-hybridized carbons (Fsp3) is 0.292. The molecule has 10 heteroatoms. The standard InChI is InChI=1S/C24H25N5O5/c1-2-7-14(12-20(30)31)25-22(32)21-26-23(29-28-21)27-24(33)34-13-19-17-10-5-3-8-15(17)16-9-4-6-11-18(16)19/h3-6,8-11,14,19H,2,7,12-13H2,1H3,(H,25,32)(H,30,31)(H2,26,27,28,29,33)/t14-/m0/s1. The molecule has 0 radical (unpaired) electrons. The molecule has 0 fully saturated rings. The Morgan fingerprint density at radius 1 is 1.09 bits per heavy atom. The number of carboxylic acid groups (broad SMARTS) is 1. The summed E-state index contributed by atoms with van der Waals surface area (Å²) in [7, 11) is 0. The maximum Gasteiger partial charge on any atom is 0.414 e. The number of carbonyl (C=O) groups is 3. The summed E-state index contributed by atoms with van der Waals surface area (Å²) in [6.07, 6.45) is 0.279. The van der Waals surface area contributed by atoms with E-state index in [1.165, 1.54) is 0 Å². The number of hydrogen-bond acceptors (Lipinski definition) is 6. The average molecular weight is 463 g/mol. The molecule has 34 heavy (non-hydrogen) atoms. The number of amides is 2. The number of benzene rings is 2. The van der Waals surface area contributed by atoms with Crippen molar-refractivity contribution >= 4 is 23.9 Å². The van der Waals surface area contributed by atoms with Crippen molar-refractivity contribution in [2.24, 2.45) is 0 Å². The van der Waals surface area contributed by atoms with Crippen LogP contribution in [0.3, 0.4) is 0 Å². The van der Waals surface area contributed by atoms with E-state index in [0.29, 0.717) is 12.8 Å². The van der Waals surface area contributed by atoms with Gasteiger partial charge < -0.3 is 15.2 Å². The average Bonchev–Trinajstić information content (AvgIpc) is 3.40. The van der Waals surface area contributed by atoms with E-state index in [1.807, 2.05) is 43.3 Å². The van der Waals surface area contributed by atoms with Gasteiger partial charge in [-0.05, 0) is 28.7 Å². The van der Waals surface area contributed by atoms with Gasteiger partial charge in [0, 0.05) is 12.0 Å². The summed E-state index contributed by atoms with van der Waals surface area (Å²) < 4.78 is 5.44. The molecule has 1 aromatic heterocycles. The van der Waals surface area contributed by atoms with Crippen LogP contribution in [0.5, 0.6) is 0 Å². The molecule has 4 rings (SSSR count). The van der Waals surface area contributed by atoms with E-state index < -0.39 is 24.0 Å². The highest BCUT2D eigenvalue weighted by atomic mass is 16.5. The van der Waals surface area contributed by atoms with Crippen molar-refractivity contribution in [2.75, 3.05) is 11.9 Å². The number of nitrogens with zero attached hydrogens (tertiary/aromatic N) is 2. The van der Waals surface area contributed by atoms with Crippen LogP contribution in [0.15, 0.2) is 48.5 Å². The lowest BCUT2D eigenvalue weighted by molar-refractivity contribution is -0.137. The van der Waals surface area contributed by atoms with Gasteiger partial charge >= 0.3 is 12.1 Å². The molecule has 176 valence electrons. The Kier molecular flexibility index (Phi) is 6.86. The summed E-state index contributed by atoms with van der Waals surface area (Å²) in [6, 6.07) is 15.5. The van der Waals surface area contributed by atoms with Gasteiger partial charge in [-0.2, -0.15) is 4.98 Å². The van der Waals surface area contributed by atoms with Crippen LogP contribution in [0.1, 0.15) is 53.8 Å². The van der Waals surface area contributed by atoms with E-state index in [9.17, 15) is 14.4 Å². The highest BCUT2D eigenvalue weighted by Crippen LogP contribution is 2.44. The molecular weight excluding hydrogens is 438 g/mol. The van der Waals surface area contributed by atoms with E-state index in [1.54, 1.807) is 0 Å². The molecule has 0 aliphatic heterocycles. The SMILES string of the molecule is CCC[C@@H](CC(=O)O)NC(=O)c1nc(NC(=O)OCC2c3ccccc3-c3ccccc32)n[nH]1. The molecule has 0 saturated carbocycles. The summed E-state index contributed by atoms with van der Waals surface area (Å²) in [4.78, 5) is 39.7. The monoisotopic (exact) mass is 463 g/mol. The third-order valence-corrected chi connectivity index (χ3v) is 5.65. The Labute approximate surface area is 195 Å². The number of aliphatic carboxylic acids is 1. The predicted molar refractivity (Wildman–Crippen MR) is 123 cm³/mol. The molecular formula is C24H25N5O5. The number of hydrogen-bond donors (Lipinski definition) is 4. The van der Waals surface area contributed by atoms with Gasteiger partial charge in [-0.25, -0.2) is 4.79 Å². The zero-order valence-corrected chi connectivity index (χ0v) is 18.6. The fourth-order valence-corrected chi connectivity index (χ4v) is 4.18. The second kappa shape index (κ2) is 10.2. The minimum atomic E-state index is -1.01. The first kappa shape index (κ1) is 23.0. The van der Waals surface area contributed by atoms with Crippen LogP contribution in [0.25, 0.3) is 11.1 Å². The quantitative estimate of drug-likeness (QED) is 0.379. The summed E-state index contributed by atoms with van der Waals surface area (Å²) in [5.74, 6) is -1.95. The van der Waals surface area contributed by atoms with E-state index in [-0.39, 0.29) is 30.7 Å².